The number of ether oxygens (including phenoxy) is 1. The molecule has 0 N–H and O–H groups in total. The number of rotatable bonds is 3. The quantitative estimate of drug-likeness (QED) is 0.658. The summed E-state index contributed by atoms with van der Waals surface area (Å²) in [5, 5.41) is 0. The van der Waals surface area contributed by atoms with Crippen LogP contribution in [-0.2, 0) is 16.7 Å². The second-order valence-electron chi connectivity index (χ2n) is 7.91. The fourth-order valence-electron chi connectivity index (χ4n) is 3.13. The van der Waals surface area contributed by atoms with Crippen molar-refractivity contribution in [3.8, 4) is 0 Å². The van der Waals surface area contributed by atoms with E-state index in [9.17, 15) is 4.79 Å². The zero-order valence-electron chi connectivity index (χ0n) is 15.4. The van der Waals surface area contributed by atoms with Crippen LogP contribution in [0.4, 0.5) is 0 Å². The average Bonchev–Trinajstić information content (AvgIpc) is 3.05. The second-order valence-corrected chi connectivity index (χ2v) is 7.91. The first-order valence-corrected chi connectivity index (χ1v) is 8.45. The number of fused-ring (bicyclic) bond motifs is 3. The first-order chi connectivity index (χ1) is 11.2. The van der Waals surface area contributed by atoms with E-state index >= 15 is 0 Å². The Balaban J connectivity index is 2.31. The Bertz CT molecular complexity index is 907. The van der Waals surface area contributed by atoms with Gasteiger partial charge in [-0.05, 0) is 41.2 Å². The first kappa shape index (κ1) is 16.6. The number of imidazole rings is 1. The topological polar surface area (TPSA) is 35.6 Å². The molecule has 0 aliphatic heterocycles. The molecule has 2 aromatic heterocycles. The number of hydrogen-bond acceptors (Lipinski definition) is 2. The Kier molecular flexibility index (Phi) is 3.94. The van der Waals surface area contributed by atoms with Gasteiger partial charge in [-0.3, -0.25) is 0 Å². The zero-order valence-corrected chi connectivity index (χ0v) is 15.4. The van der Waals surface area contributed by atoms with E-state index in [2.05, 4.69) is 55.8 Å². The van der Waals surface area contributed by atoms with Gasteiger partial charge in [0.25, 0.3) is 0 Å². The summed E-state index contributed by atoms with van der Waals surface area (Å²) in [7, 11) is 1.42. The minimum Gasteiger partial charge on any atom is -0.465 e. The van der Waals surface area contributed by atoms with E-state index in [0.717, 1.165) is 17.6 Å². The van der Waals surface area contributed by atoms with Crippen molar-refractivity contribution in [1.82, 2.24) is 8.97 Å². The summed E-state index contributed by atoms with van der Waals surface area (Å²) in [5.74, 6) is 0.238. The molecule has 0 unspecified atom stereocenters. The lowest BCUT2D eigenvalue weighted by atomic mass is 9.89. The lowest BCUT2D eigenvalue weighted by molar-refractivity contribution is 0.0601. The molecule has 128 valence electrons. The maximum Gasteiger partial charge on any atom is 0.337 e. The van der Waals surface area contributed by atoms with Gasteiger partial charge in [-0.2, -0.15) is 0 Å². The summed E-state index contributed by atoms with van der Waals surface area (Å²) in [6.45, 7) is 12.0. The smallest absolute Gasteiger partial charge is 0.337 e. The lowest BCUT2D eigenvalue weighted by Gasteiger charge is -2.16. The number of carbonyl (C=O) groups excluding carboxylic acids is 1. The number of benzene rings is 1. The van der Waals surface area contributed by atoms with Gasteiger partial charge in [0.2, 0.25) is 0 Å². The minimum atomic E-state index is -0.301. The molecule has 0 spiro atoms. The number of methoxy groups -OCH3 is 1. The summed E-state index contributed by atoms with van der Waals surface area (Å²) in [6.07, 6.45) is 2.19. The molecule has 3 rings (SSSR count). The Labute approximate surface area is 143 Å². The normalized spacial score (nSPS) is 12.5. The van der Waals surface area contributed by atoms with E-state index < -0.39 is 0 Å². The molecule has 0 saturated carbocycles. The van der Waals surface area contributed by atoms with Crippen molar-refractivity contribution in [2.75, 3.05) is 7.11 Å². The van der Waals surface area contributed by atoms with Gasteiger partial charge < -0.3 is 13.7 Å². The van der Waals surface area contributed by atoms with Crippen molar-refractivity contribution in [3.63, 3.8) is 0 Å². The fourth-order valence-corrected chi connectivity index (χ4v) is 3.13. The van der Waals surface area contributed by atoms with Crippen LogP contribution in [0.25, 0.3) is 16.7 Å². The minimum absolute atomic E-state index is 0.0843. The molecule has 4 heteroatoms. The maximum atomic E-state index is 11.9. The molecule has 0 saturated heterocycles. The van der Waals surface area contributed by atoms with E-state index in [1.54, 1.807) is 0 Å². The molecule has 2 heterocycles. The van der Waals surface area contributed by atoms with Crippen LogP contribution >= 0.6 is 0 Å². The van der Waals surface area contributed by atoms with Crippen LogP contribution in [0.3, 0.4) is 0 Å². The van der Waals surface area contributed by atoms with Gasteiger partial charge in [-0.25, -0.2) is 4.79 Å². The molecule has 0 bridgehead atoms. The van der Waals surface area contributed by atoms with Crippen LogP contribution in [0.1, 0.15) is 50.5 Å². The van der Waals surface area contributed by atoms with Crippen molar-refractivity contribution in [3.05, 3.63) is 41.6 Å². The van der Waals surface area contributed by atoms with Gasteiger partial charge >= 0.3 is 5.97 Å². The monoisotopic (exact) mass is 326 g/mol. The third kappa shape index (κ3) is 2.70. The fraction of sp³-hybridized carbons (Fsp3) is 0.450. The summed E-state index contributed by atoms with van der Waals surface area (Å²) < 4.78 is 9.42. The highest BCUT2D eigenvalue weighted by atomic mass is 16.5. The van der Waals surface area contributed by atoms with Crippen molar-refractivity contribution in [1.29, 1.82) is 0 Å². The highest BCUT2D eigenvalue weighted by Gasteiger charge is 2.20. The summed E-state index contributed by atoms with van der Waals surface area (Å²) in [4.78, 5) is 11.9. The molecule has 24 heavy (non-hydrogen) atoms. The highest BCUT2D eigenvalue weighted by molar-refractivity contribution is 5.95. The van der Waals surface area contributed by atoms with Crippen molar-refractivity contribution in [2.24, 2.45) is 5.92 Å². The van der Waals surface area contributed by atoms with Crippen LogP contribution < -0.4 is 0 Å². The zero-order chi connectivity index (χ0) is 17.6. The number of aromatic nitrogens is 2. The second kappa shape index (κ2) is 5.69. The third-order valence-corrected chi connectivity index (χ3v) is 4.44. The average molecular weight is 326 g/mol. The van der Waals surface area contributed by atoms with Crippen LogP contribution in [0.5, 0.6) is 0 Å². The van der Waals surface area contributed by atoms with Gasteiger partial charge in [0.05, 0.1) is 23.7 Å². The summed E-state index contributed by atoms with van der Waals surface area (Å²) in [5.41, 5.74) is 5.32. The van der Waals surface area contributed by atoms with Gasteiger partial charge in [0.15, 0.2) is 0 Å². The molecular weight excluding hydrogens is 300 g/mol. The third-order valence-electron chi connectivity index (χ3n) is 4.44. The van der Waals surface area contributed by atoms with Crippen molar-refractivity contribution < 1.29 is 9.53 Å². The number of nitrogens with zero attached hydrogens (tertiary/aromatic N) is 2. The van der Waals surface area contributed by atoms with Gasteiger partial charge in [0, 0.05) is 12.7 Å². The number of hydrogen-bond donors (Lipinski definition) is 0. The molecule has 0 aliphatic carbocycles. The molecular formula is C20H26N2O2. The molecule has 0 amide bonds. The van der Waals surface area contributed by atoms with Crippen LogP contribution in [0.15, 0.2) is 30.5 Å². The maximum absolute atomic E-state index is 11.9. The number of carbonyl (C=O) groups is 1. The SMILES string of the molecule is COC(=O)c1ccc2c(c1)n1cc(C(C)(C)C)cc1n2CC(C)C. The predicted octanol–water partition coefficient (Wildman–Crippen LogP) is 4.63. The van der Waals surface area contributed by atoms with Gasteiger partial charge in [0.1, 0.15) is 5.65 Å². The predicted molar refractivity (Wildman–Crippen MR) is 97.8 cm³/mol. The molecule has 3 aromatic rings. The van der Waals surface area contributed by atoms with E-state index in [0.29, 0.717) is 11.5 Å². The molecule has 4 nitrogen and oxygen atoms in total. The number of esters is 1. The van der Waals surface area contributed by atoms with Gasteiger partial charge in [-0.1, -0.05) is 34.6 Å². The van der Waals surface area contributed by atoms with Crippen LogP contribution in [0, 0.1) is 5.92 Å². The lowest BCUT2D eigenvalue weighted by Crippen LogP contribution is -2.09. The van der Waals surface area contributed by atoms with E-state index in [4.69, 9.17) is 4.74 Å². The molecule has 0 aliphatic rings. The van der Waals surface area contributed by atoms with E-state index in [1.165, 1.54) is 18.3 Å². The Hall–Kier alpha value is -2.23. The largest absolute Gasteiger partial charge is 0.465 e. The summed E-state index contributed by atoms with van der Waals surface area (Å²) in [6, 6.07) is 8.06. The van der Waals surface area contributed by atoms with Crippen LogP contribution in [0.2, 0.25) is 0 Å². The molecule has 0 radical (unpaired) electrons. The van der Waals surface area contributed by atoms with Crippen molar-refractivity contribution >= 4 is 22.6 Å². The highest BCUT2D eigenvalue weighted by Crippen LogP contribution is 2.30. The summed E-state index contributed by atoms with van der Waals surface area (Å²) >= 11 is 0. The van der Waals surface area contributed by atoms with Crippen molar-refractivity contribution in [2.45, 2.75) is 46.6 Å². The standard InChI is InChI=1S/C20H26N2O2/c1-13(2)11-21-16-8-7-14(19(23)24-6)9-17(16)22-12-15(10-18(21)22)20(3,4)5/h7-10,12-13H,11H2,1-6H3. The van der Waals surface area contributed by atoms with E-state index in [-0.39, 0.29) is 11.4 Å². The van der Waals surface area contributed by atoms with E-state index in [1.807, 2.05) is 18.2 Å². The van der Waals surface area contributed by atoms with Gasteiger partial charge in [-0.15, -0.1) is 0 Å². The van der Waals surface area contributed by atoms with Crippen LogP contribution in [-0.4, -0.2) is 22.0 Å². The Morgan fingerprint density at radius 1 is 1.17 bits per heavy atom. The first-order valence-electron chi connectivity index (χ1n) is 8.45. The Morgan fingerprint density at radius 3 is 2.46 bits per heavy atom. The molecule has 1 aromatic carbocycles. The Morgan fingerprint density at radius 2 is 1.88 bits per heavy atom. The molecule has 0 fully saturated rings. The molecule has 0 atom stereocenters.